The lowest BCUT2D eigenvalue weighted by molar-refractivity contribution is -0.151. The average molecular weight is 382 g/mol. The number of nitrogens with one attached hydrogen (secondary N) is 1. The van der Waals surface area contributed by atoms with Gasteiger partial charge in [0.2, 0.25) is 5.91 Å². The van der Waals surface area contributed by atoms with Gasteiger partial charge in [0.05, 0.1) is 5.41 Å². The highest BCUT2D eigenvalue weighted by molar-refractivity contribution is 9.10. The summed E-state index contributed by atoms with van der Waals surface area (Å²) in [6, 6.07) is 5.60. The number of fused-ring (bicyclic) bond motifs is 1. The topological polar surface area (TPSA) is 75.6 Å². The first-order chi connectivity index (χ1) is 11.0. The molecule has 0 radical (unpaired) electrons. The van der Waals surface area contributed by atoms with Gasteiger partial charge in [0.25, 0.3) is 0 Å². The fourth-order valence-corrected chi connectivity index (χ4v) is 3.86. The maximum atomic E-state index is 12.5. The van der Waals surface area contributed by atoms with Crippen molar-refractivity contribution in [1.82, 2.24) is 5.32 Å². The summed E-state index contributed by atoms with van der Waals surface area (Å²) in [6.07, 6.45) is 4.15. The first-order valence-electron chi connectivity index (χ1n) is 7.95. The van der Waals surface area contributed by atoms with Crippen LogP contribution in [0.3, 0.4) is 0 Å². The monoisotopic (exact) mass is 381 g/mol. The van der Waals surface area contributed by atoms with Crippen LogP contribution in [-0.2, 0) is 9.59 Å². The molecule has 0 aromatic heterocycles. The van der Waals surface area contributed by atoms with Crippen molar-refractivity contribution in [3.05, 3.63) is 28.2 Å². The fraction of sp³-hybridized carbons (Fsp3) is 0.529. The van der Waals surface area contributed by atoms with Crippen LogP contribution in [0.5, 0.6) is 5.75 Å². The number of rotatable bonds is 4. The van der Waals surface area contributed by atoms with Crippen LogP contribution in [0, 0.1) is 5.41 Å². The van der Waals surface area contributed by atoms with E-state index >= 15 is 0 Å². The smallest absolute Gasteiger partial charge is 0.311 e. The standard InChI is InChI=1S/C17H20BrNO4/c18-11-4-5-14-12(8-11)13(9-23-14)15(20)19-10-17(16(21)22)6-2-1-3-7-17/h4-5,8,13H,1-3,6-7,9-10H2,(H,19,20)(H,21,22). The molecule has 0 spiro atoms. The summed E-state index contributed by atoms with van der Waals surface area (Å²) in [7, 11) is 0. The Morgan fingerprint density at radius 3 is 2.74 bits per heavy atom. The molecule has 2 N–H and O–H groups in total. The zero-order valence-corrected chi connectivity index (χ0v) is 14.4. The Morgan fingerprint density at radius 1 is 1.30 bits per heavy atom. The predicted octanol–water partition coefficient (Wildman–Crippen LogP) is 3.08. The van der Waals surface area contributed by atoms with Crippen LogP contribution in [0.1, 0.15) is 43.6 Å². The summed E-state index contributed by atoms with van der Waals surface area (Å²) < 4.78 is 6.45. The first kappa shape index (κ1) is 16.3. The van der Waals surface area contributed by atoms with E-state index in [0.717, 1.165) is 35.0 Å². The maximum absolute atomic E-state index is 12.5. The number of hydrogen-bond donors (Lipinski definition) is 2. The number of benzene rings is 1. The number of carbonyl (C=O) groups excluding carboxylic acids is 1. The molecule has 1 heterocycles. The summed E-state index contributed by atoms with van der Waals surface area (Å²) in [4.78, 5) is 24.2. The van der Waals surface area contributed by atoms with Crippen LogP contribution in [-0.4, -0.2) is 30.1 Å². The molecule has 2 aliphatic rings. The van der Waals surface area contributed by atoms with Gasteiger partial charge in [0.1, 0.15) is 18.3 Å². The zero-order chi connectivity index (χ0) is 16.4. The molecule has 23 heavy (non-hydrogen) atoms. The zero-order valence-electron chi connectivity index (χ0n) is 12.8. The highest BCUT2D eigenvalue weighted by atomic mass is 79.9. The van der Waals surface area contributed by atoms with Crippen molar-refractivity contribution in [3.8, 4) is 5.75 Å². The Hall–Kier alpha value is -1.56. The van der Waals surface area contributed by atoms with Crippen LogP contribution in [0.15, 0.2) is 22.7 Å². The highest BCUT2D eigenvalue weighted by Crippen LogP contribution is 2.38. The van der Waals surface area contributed by atoms with E-state index < -0.39 is 11.4 Å². The fourth-order valence-electron chi connectivity index (χ4n) is 3.48. The van der Waals surface area contributed by atoms with E-state index in [1.165, 1.54) is 0 Å². The summed E-state index contributed by atoms with van der Waals surface area (Å²) >= 11 is 3.41. The predicted molar refractivity (Wildman–Crippen MR) is 88.5 cm³/mol. The molecule has 3 rings (SSSR count). The second-order valence-corrected chi connectivity index (χ2v) is 7.33. The van der Waals surface area contributed by atoms with E-state index in [1.807, 2.05) is 18.2 Å². The number of halogens is 1. The Balaban J connectivity index is 1.69. The van der Waals surface area contributed by atoms with Crippen LogP contribution < -0.4 is 10.1 Å². The van der Waals surface area contributed by atoms with Crippen molar-refractivity contribution >= 4 is 27.8 Å². The van der Waals surface area contributed by atoms with Gasteiger partial charge in [0, 0.05) is 16.6 Å². The number of ether oxygens (including phenoxy) is 1. The van der Waals surface area contributed by atoms with Gasteiger partial charge < -0.3 is 15.2 Å². The Bertz CT molecular complexity index is 625. The quantitative estimate of drug-likeness (QED) is 0.839. The highest BCUT2D eigenvalue weighted by Gasteiger charge is 2.41. The number of carbonyl (C=O) groups is 2. The maximum Gasteiger partial charge on any atom is 0.311 e. The van der Waals surface area contributed by atoms with Crippen molar-refractivity contribution in [3.63, 3.8) is 0 Å². The van der Waals surface area contributed by atoms with E-state index in [0.29, 0.717) is 19.4 Å². The average Bonchev–Trinajstić information content (AvgIpc) is 2.96. The van der Waals surface area contributed by atoms with Gasteiger partial charge in [-0.05, 0) is 31.0 Å². The number of hydrogen-bond acceptors (Lipinski definition) is 3. The molecule has 1 unspecified atom stereocenters. The largest absolute Gasteiger partial charge is 0.492 e. The summed E-state index contributed by atoms with van der Waals surface area (Å²) in [5.41, 5.74) is 0.0397. The van der Waals surface area contributed by atoms with E-state index in [2.05, 4.69) is 21.2 Å². The molecule has 1 aliphatic carbocycles. The van der Waals surface area contributed by atoms with Crippen LogP contribution >= 0.6 is 15.9 Å². The lowest BCUT2D eigenvalue weighted by Crippen LogP contribution is -2.45. The van der Waals surface area contributed by atoms with Crippen LogP contribution in [0.25, 0.3) is 0 Å². The van der Waals surface area contributed by atoms with Gasteiger partial charge in [-0.25, -0.2) is 0 Å². The molecule has 6 heteroatoms. The van der Waals surface area contributed by atoms with Gasteiger partial charge in [-0.15, -0.1) is 0 Å². The summed E-state index contributed by atoms with van der Waals surface area (Å²) in [6.45, 7) is 0.499. The van der Waals surface area contributed by atoms with E-state index in [-0.39, 0.29) is 18.4 Å². The lowest BCUT2D eigenvalue weighted by Gasteiger charge is -2.33. The third-order valence-electron chi connectivity index (χ3n) is 4.93. The Morgan fingerprint density at radius 2 is 2.04 bits per heavy atom. The van der Waals surface area contributed by atoms with Crippen molar-refractivity contribution in [2.24, 2.45) is 5.41 Å². The minimum atomic E-state index is -0.812. The minimum absolute atomic E-state index is 0.159. The van der Waals surface area contributed by atoms with Crippen molar-refractivity contribution in [2.45, 2.75) is 38.0 Å². The number of carboxylic acid groups (broad SMARTS) is 1. The van der Waals surface area contributed by atoms with Gasteiger partial charge in [0.15, 0.2) is 0 Å². The third-order valence-corrected chi connectivity index (χ3v) is 5.43. The molecule has 1 atom stereocenters. The molecule has 1 aromatic rings. The van der Waals surface area contributed by atoms with Crippen LogP contribution in [0.4, 0.5) is 0 Å². The van der Waals surface area contributed by atoms with Gasteiger partial charge >= 0.3 is 5.97 Å². The van der Waals surface area contributed by atoms with Crippen LogP contribution in [0.2, 0.25) is 0 Å². The molecule has 5 nitrogen and oxygen atoms in total. The van der Waals surface area contributed by atoms with Gasteiger partial charge in [-0.2, -0.15) is 0 Å². The molecule has 0 bridgehead atoms. The second kappa shape index (κ2) is 6.51. The summed E-state index contributed by atoms with van der Waals surface area (Å²) in [5, 5.41) is 12.4. The second-order valence-electron chi connectivity index (χ2n) is 6.41. The third kappa shape index (κ3) is 3.22. The lowest BCUT2D eigenvalue weighted by atomic mass is 9.74. The number of aliphatic carboxylic acids is 1. The Labute approximate surface area is 143 Å². The molecule has 1 aromatic carbocycles. The molecule has 1 fully saturated rings. The Kier molecular flexibility index (Phi) is 4.62. The molecule has 124 valence electrons. The minimum Gasteiger partial charge on any atom is -0.492 e. The van der Waals surface area contributed by atoms with Gasteiger partial charge in [-0.1, -0.05) is 35.2 Å². The number of amides is 1. The molecular formula is C17H20BrNO4. The van der Waals surface area contributed by atoms with Crippen molar-refractivity contribution in [1.29, 1.82) is 0 Å². The molecule has 1 saturated carbocycles. The van der Waals surface area contributed by atoms with E-state index in [4.69, 9.17) is 4.74 Å². The van der Waals surface area contributed by atoms with Crippen molar-refractivity contribution in [2.75, 3.05) is 13.2 Å². The molecule has 1 aliphatic heterocycles. The summed E-state index contributed by atoms with van der Waals surface area (Å²) in [5.74, 6) is -0.618. The SMILES string of the molecule is O=C(NCC1(C(=O)O)CCCCC1)C1COc2ccc(Br)cc21. The molecule has 0 saturated heterocycles. The molecular weight excluding hydrogens is 362 g/mol. The van der Waals surface area contributed by atoms with E-state index in [1.54, 1.807) is 0 Å². The first-order valence-corrected chi connectivity index (χ1v) is 8.74. The number of carboxylic acids is 1. The van der Waals surface area contributed by atoms with Crippen molar-refractivity contribution < 1.29 is 19.4 Å². The van der Waals surface area contributed by atoms with Gasteiger partial charge in [-0.3, -0.25) is 9.59 Å². The normalized spacial score (nSPS) is 22.0. The van der Waals surface area contributed by atoms with E-state index in [9.17, 15) is 14.7 Å². The molecule has 1 amide bonds.